The van der Waals surface area contributed by atoms with Gasteiger partial charge < -0.3 is 4.79 Å². The first-order valence-corrected chi connectivity index (χ1v) is 5.67. The van der Waals surface area contributed by atoms with E-state index >= 15 is 0 Å². The van der Waals surface area contributed by atoms with E-state index in [-0.39, 0.29) is 11.3 Å². The number of hydrogen-bond donors (Lipinski definition) is 0. The highest BCUT2D eigenvalue weighted by atomic mass is 16.1. The van der Waals surface area contributed by atoms with Crippen LogP contribution in [0.3, 0.4) is 0 Å². The fraction of sp³-hybridized carbons (Fsp3) is 0.833. The van der Waals surface area contributed by atoms with Crippen molar-refractivity contribution in [2.24, 2.45) is 17.3 Å². The molecular weight excluding hydrogens is 176 g/mol. The number of ketones is 1. The smallest absolute Gasteiger partial charge is 0.139 e. The van der Waals surface area contributed by atoms with Crippen LogP contribution in [0.1, 0.15) is 45.4 Å². The first-order chi connectivity index (χ1) is 6.69. The lowest BCUT2D eigenvalue weighted by molar-refractivity contribution is -0.134. The molecule has 0 aromatic carbocycles. The molecule has 78 valence electrons. The van der Waals surface area contributed by atoms with Gasteiger partial charge in [-0.1, -0.05) is 6.92 Å². The summed E-state index contributed by atoms with van der Waals surface area (Å²) in [6, 6.07) is 0. The minimum Gasteiger partial charge on any atom is -0.303 e. The summed E-state index contributed by atoms with van der Waals surface area (Å²) in [7, 11) is 0. The summed E-state index contributed by atoms with van der Waals surface area (Å²) in [6.07, 6.45) is 6.72. The zero-order valence-electron chi connectivity index (χ0n) is 8.79. The number of aldehydes is 1. The molecule has 2 aliphatic carbocycles. The lowest BCUT2D eigenvalue weighted by Gasteiger charge is -2.38. The monoisotopic (exact) mass is 194 g/mol. The molecule has 0 aromatic heterocycles. The fourth-order valence-electron chi connectivity index (χ4n) is 3.30. The van der Waals surface area contributed by atoms with E-state index in [1.54, 1.807) is 0 Å². The minimum atomic E-state index is -0.107. The molecular formula is C12H18O2. The van der Waals surface area contributed by atoms with Gasteiger partial charge in [-0.15, -0.1) is 0 Å². The number of carbonyl (C=O) groups excluding carboxylic acids is 2. The van der Waals surface area contributed by atoms with Crippen molar-refractivity contribution in [3.05, 3.63) is 0 Å². The van der Waals surface area contributed by atoms with E-state index in [4.69, 9.17) is 0 Å². The van der Waals surface area contributed by atoms with E-state index in [9.17, 15) is 9.59 Å². The topological polar surface area (TPSA) is 34.1 Å². The van der Waals surface area contributed by atoms with Crippen molar-refractivity contribution in [2.45, 2.75) is 45.4 Å². The van der Waals surface area contributed by atoms with E-state index in [2.05, 4.69) is 6.92 Å². The van der Waals surface area contributed by atoms with Crippen LogP contribution in [-0.2, 0) is 9.59 Å². The van der Waals surface area contributed by atoms with Crippen LogP contribution in [0.15, 0.2) is 0 Å². The maximum Gasteiger partial charge on any atom is 0.139 e. The average molecular weight is 194 g/mol. The van der Waals surface area contributed by atoms with Crippen LogP contribution in [0.4, 0.5) is 0 Å². The van der Waals surface area contributed by atoms with Gasteiger partial charge in [-0.05, 0) is 38.0 Å². The Hall–Kier alpha value is -0.660. The lowest BCUT2D eigenvalue weighted by Crippen LogP contribution is -2.38. The Morgan fingerprint density at radius 3 is 2.79 bits per heavy atom. The molecule has 2 saturated carbocycles. The average Bonchev–Trinajstić information content (AvgIpc) is 2.60. The molecule has 1 spiro atoms. The van der Waals surface area contributed by atoms with Crippen LogP contribution in [0, 0.1) is 17.3 Å². The highest BCUT2D eigenvalue weighted by molar-refractivity contribution is 5.86. The zero-order chi connectivity index (χ0) is 10.2. The third-order valence-corrected chi connectivity index (χ3v) is 4.32. The molecule has 2 heteroatoms. The molecule has 0 radical (unpaired) electrons. The summed E-state index contributed by atoms with van der Waals surface area (Å²) in [5.41, 5.74) is -0.107. The van der Waals surface area contributed by atoms with Crippen LogP contribution in [0.25, 0.3) is 0 Å². The van der Waals surface area contributed by atoms with Gasteiger partial charge in [-0.3, -0.25) is 4.79 Å². The Balaban J connectivity index is 2.20. The third kappa shape index (κ3) is 1.32. The maximum absolute atomic E-state index is 12.0. The van der Waals surface area contributed by atoms with Gasteiger partial charge in [0, 0.05) is 17.8 Å². The molecule has 0 unspecified atom stereocenters. The molecule has 0 saturated heterocycles. The van der Waals surface area contributed by atoms with Gasteiger partial charge in [0.05, 0.1) is 0 Å². The molecule has 0 heterocycles. The van der Waals surface area contributed by atoms with Crippen LogP contribution in [0.5, 0.6) is 0 Å². The molecule has 2 aliphatic rings. The minimum absolute atomic E-state index is 0.107. The predicted molar refractivity (Wildman–Crippen MR) is 53.9 cm³/mol. The summed E-state index contributed by atoms with van der Waals surface area (Å²) < 4.78 is 0. The van der Waals surface area contributed by atoms with Crippen molar-refractivity contribution in [2.75, 3.05) is 0 Å². The van der Waals surface area contributed by atoms with E-state index in [0.717, 1.165) is 44.8 Å². The number of carbonyl (C=O) groups is 2. The zero-order valence-corrected chi connectivity index (χ0v) is 8.79. The molecule has 0 amide bonds. The number of rotatable bonds is 1. The summed E-state index contributed by atoms with van der Waals surface area (Å²) in [5, 5.41) is 0. The summed E-state index contributed by atoms with van der Waals surface area (Å²) in [6.45, 7) is 2.18. The van der Waals surface area contributed by atoms with E-state index in [0.29, 0.717) is 11.7 Å². The van der Waals surface area contributed by atoms with Crippen molar-refractivity contribution in [1.29, 1.82) is 0 Å². The SMILES string of the molecule is C[C@H]1CCCC(=O)[C@]12CC[C@@H](C=O)C2. The second-order valence-corrected chi connectivity index (χ2v) is 5.01. The second-order valence-electron chi connectivity index (χ2n) is 5.01. The summed E-state index contributed by atoms with van der Waals surface area (Å²) in [4.78, 5) is 22.7. The summed E-state index contributed by atoms with van der Waals surface area (Å²) in [5.74, 6) is 1.08. The van der Waals surface area contributed by atoms with E-state index < -0.39 is 0 Å². The van der Waals surface area contributed by atoms with Crippen molar-refractivity contribution in [1.82, 2.24) is 0 Å². The molecule has 2 nitrogen and oxygen atoms in total. The quantitative estimate of drug-likeness (QED) is 0.600. The molecule has 2 fully saturated rings. The van der Waals surface area contributed by atoms with Gasteiger partial charge in [0.1, 0.15) is 12.1 Å². The first kappa shape index (κ1) is 9.88. The van der Waals surface area contributed by atoms with Gasteiger partial charge in [0.15, 0.2) is 0 Å². The van der Waals surface area contributed by atoms with Gasteiger partial charge >= 0.3 is 0 Å². The molecule has 0 bridgehead atoms. The van der Waals surface area contributed by atoms with Crippen LogP contribution >= 0.6 is 0 Å². The Bertz CT molecular complexity index is 259. The Labute approximate surface area is 85.1 Å². The first-order valence-electron chi connectivity index (χ1n) is 5.67. The molecule has 14 heavy (non-hydrogen) atoms. The highest BCUT2D eigenvalue weighted by Gasteiger charge is 2.49. The molecule has 0 N–H and O–H groups in total. The van der Waals surface area contributed by atoms with Gasteiger partial charge in [-0.25, -0.2) is 0 Å². The maximum atomic E-state index is 12.0. The highest BCUT2D eigenvalue weighted by Crippen LogP contribution is 2.51. The Morgan fingerprint density at radius 1 is 1.43 bits per heavy atom. The van der Waals surface area contributed by atoms with E-state index in [1.165, 1.54) is 0 Å². The predicted octanol–water partition coefficient (Wildman–Crippen LogP) is 2.36. The fourth-order valence-corrected chi connectivity index (χ4v) is 3.30. The van der Waals surface area contributed by atoms with Gasteiger partial charge in [0.2, 0.25) is 0 Å². The van der Waals surface area contributed by atoms with Crippen LogP contribution in [0.2, 0.25) is 0 Å². The molecule has 3 atom stereocenters. The molecule has 2 rings (SSSR count). The van der Waals surface area contributed by atoms with Crippen molar-refractivity contribution in [3.63, 3.8) is 0 Å². The van der Waals surface area contributed by atoms with Crippen LogP contribution < -0.4 is 0 Å². The molecule has 0 aliphatic heterocycles. The van der Waals surface area contributed by atoms with Gasteiger partial charge in [-0.2, -0.15) is 0 Å². The lowest BCUT2D eigenvalue weighted by atomic mass is 9.65. The Kier molecular flexibility index (Phi) is 2.46. The number of hydrogen-bond acceptors (Lipinski definition) is 2. The second kappa shape index (κ2) is 3.48. The van der Waals surface area contributed by atoms with Gasteiger partial charge in [0.25, 0.3) is 0 Å². The third-order valence-electron chi connectivity index (χ3n) is 4.32. The molecule has 0 aromatic rings. The Morgan fingerprint density at radius 2 is 2.21 bits per heavy atom. The van der Waals surface area contributed by atoms with Crippen molar-refractivity contribution < 1.29 is 9.59 Å². The number of Topliss-reactive ketones (excluding diaryl/α,β-unsaturated/α-hetero) is 1. The van der Waals surface area contributed by atoms with E-state index in [1.807, 2.05) is 0 Å². The largest absolute Gasteiger partial charge is 0.303 e. The van der Waals surface area contributed by atoms with Crippen molar-refractivity contribution in [3.8, 4) is 0 Å². The standard InChI is InChI=1S/C12H18O2/c1-9-3-2-4-11(14)12(9)6-5-10(7-12)8-13/h8-10H,2-7H2,1H3/t9-,10+,12-/m0/s1. The summed E-state index contributed by atoms with van der Waals surface area (Å²) >= 11 is 0. The normalized spacial score (nSPS) is 43.1. The van der Waals surface area contributed by atoms with Crippen LogP contribution in [-0.4, -0.2) is 12.1 Å². The van der Waals surface area contributed by atoms with Crippen molar-refractivity contribution >= 4 is 12.1 Å².